The second kappa shape index (κ2) is 3.10. The Kier molecular flexibility index (Phi) is 1.92. The quantitative estimate of drug-likeness (QED) is 0.676. The average Bonchev–Trinajstić information content (AvgIpc) is 2.42. The van der Waals surface area contributed by atoms with E-state index in [1.54, 1.807) is 30.0 Å². The lowest BCUT2D eigenvalue weighted by atomic mass is 10.4. The highest BCUT2D eigenvalue weighted by Crippen LogP contribution is 2.11. The van der Waals surface area contributed by atoms with Crippen LogP contribution in [0.4, 0.5) is 0 Å². The number of rotatable bonds is 2. The number of hydrogen-bond donors (Lipinski definition) is 1. The molecule has 5 heteroatoms. The fraction of sp³-hybridized carbons (Fsp3) is 0.222. The molecule has 0 aromatic carbocycles. The minimum atomic E-state index is -0.380. The van der Waals surface area contributed by atoms with Gasteiger partial charge in [-0.25, -0.2) is 4.98 Å². The van der Waals surface area contributed by atoms with E-state index >= 15 is 0 Å². The molecule has 0 fully saturated rings. The van der Waals surface area contributed by atoms with Gasteiger partial charge in [0.2, 0.25) is 6.54 Å². The van der Waals surface area contributed by atoms with Crippen LogP contribution < -0.4 is 10.3 Å². The van der Waals surface area contributed by atoms with Gasteiger partial charge in [0.05, 0.1) is 0 Å². The number of oxazole rings is 1. The van der Waals surface area contributed by atoms with E-state index in [9.17, 15) is 4.79 Å². The van der Waals surface area contributed by atoms with Crippen LogP contribution >= 0.6 is 0 Å². The lowest BCUT2D eigenvalue weighted by molar-refractivity contribution is -0.683. The van der Waals surface area contributed by atoms with Gasteiger partial charge in [-0.2, -0.15) is 4.57 Å². The van der Waals surface area contributed by atoms with Crippen LogP contribution in [-0.4, -0.2) is 10.9 Å². The van der Waals surface area contributed by atoms with Crippen molar-refractivity contribution in [2.45, 2.75) is 13.5 Å². The summed E-state index contributed by atoms with van der Waals surface area (Å²) in [6, 6.07) is 1.76. The van der Waals surface area contributed by atoms with Gasteiger partial charge in [-0.15, -0.1) is 0 Å². The molecule has 0 saturated heterocycles. The van der Waals surface area contributed by atoms with Crippen molar-refractivity contribution < 1.29 is 13.8 Å². The molecule has 1 amide bonds. The van der Waals surface area contributed by atoms with Gasteiger partial charge in [0.1, 0.15) is 0 Å². The summed E-state index contributed by atoms with van der Waals surface area (Å²) >= 11 is 0. The molecule has 0 spiro atoms. The molecule has 2 rings (SSSR count). The van der Waals surface area contributed by atoms with E-state index in [0.717, 1.165) is 5.52 Å². The molecular weight excluding hydrogens is 182 g/mol. The lowest BCUT2D eigenvalue weighted by Gasteiger charge is -1.90. The summed E-state index contributed by atoms with van der Waals surface area (Å²) in [6.07, 6.45) is 3.47. The third-order valence-electron chi connectivity index (χ3n) is 1.83. The number of hydrogen-bond acceptors (Lipinski definition) is 3. The fourth-order valence-corrected chi connectivity index (χ4v) is 1.31. The molecule has 0 aliphatic carbocycles. The van der Waals surface area contributed by atoms with Gasteiger partial charge in [0.15, 0.2) is 29.4 Å². The second-order valence-corrected chi connectivity index (χ2v) is 3.07. The number of pyridine rings is 1. The zero-order valence-electron chi connectivity index (χ0n) is 7.73. The third kappa shape index (κ3) is 1.56. The predicted octanol–water partition coefficient (Wildman–Crippen LogP) is -0.0910. The van der Waals surface area contributed by atoms with Crippen LogP contribution in [0.3, 0.4) is 0 Å². The van der Waals surface area contributed by atoms with Crippen molar-refractivity contribution in [1.82, 2.24) is 4.98 Å². The van der Waals surface area contributed by atoms with E-state index in [1.807, 2.05) is 0 Å². The molecule has 0 radical (unpaired) electrons. The van der Waals surface area contributed by atoms with Crippen LogP contribution in [0.2, 0.25) is 0 Å². The Morgan fingerprint density at radius 1 is 1.71 bits per heavy atom. The van der Waals surface area contributed by atoms with Crippen LogP contribution in [0.15, 0.2) is 22.9 Å². The van der Waals surface area contributed by atoms with Gasteiger partial charge in [0.25, 0.3) is 5.91 Å². The largest absolute Gasteiger partial charge is 0.441 e. The average molecular weight is 192 g/mol. The number of amides is 1. The first-order valence-electron chi connectivity index (χ1n) is 4.20. The number of nitrogens with zero attached hydrogens (tertiary/aromatic N) is 2. The fourth-order valence-electron chi connectivity index (χ4n) is 1.31. The molecule has 0 bridgehead atoms. The Hall–Kier alpha value is -1.91. The molecule has 14 heavy (non-hydrogen) atoms. The molecule has 0 atom stereocenters. The molecule has 5 nitrogen and oxygen atoms in total. The first-order chi connectivity index (χ1) is 6.65. The monoisotopic (exact) mass is 192 g/mol. The van der Waals surface area contributed by atoms with Gasteiger partial charge < -0.3 is 10.2 Å². The maximum atomic E-state index is 10.7. The molecule has 0 unspecified atom stereocenters. The van der Waals surface area contributed by atoms with E-state index in [2.05, 4.69) is 4.98 Å². The van der Waals surface area contributed by atoms with E-state index in [-0.39, 0.29) is 12.5 Å². The van der Waals surface area contributed by atoms with Gasteiger partial charge >= 0.3 is 0 Å². The summed E-state index contributed by atoms with van der Waals surface area (Å²) in [4.78, 5) is 14.8. The van der Waals surface area contributed by atoms with Crippen molar-refractivity contribution in [3.05, 3.63) is 24.4 Å². The topological polar surface area (TPSA) is 73.0 Å². The van der Waals surface area contributed by atoms with Gasteiger partial charge in [-0.05, 0) is 0 Å². The Bertz CT molecular complexity index is 490. The number of aromatic nitrogens is 2. The molecule has 0 aliphatic heterocycles. The van der Waals surface area contributed by atoms with Crippen LogP contribution in [0.25, 0.3) is 11.1 Å². The number of carbonyl (C=O) groups is 1. The van der Waals surface area contributed by atoms with Crippen molar-refractivity contribution in [1.29, 1.82) is 0 Å². The maximum Gasteiger partial charge on any atom is 0.283 e. The lowest BCUT2D eigenvalue weighted by Crippen LogP contribution is -2.39. The zero-order chi connectivity index (χ0) is 10.1. The third-order valence-corrected chi connectivity index (χ3v) is 1.83. The van der Waals surface area contributed by atoms with Gasteiger partial charge in [0, 0.05) is 13.0 Å². The minimum Gasteiger partial charge on any atom is -0.441 e. The molecule has 2 heterocycles. The summed E-state index contributed by atoms with van der Waals surface area (Å²) in [6.45, 7) is 1.93. The van der Waals surface area contributed by atoms with E-state index in [0.29, 0.717) is 11.5 Å². The number of primary amides is 1. The molecule has 2 N–H and O–H groups in total. The van der Waals surface area contributed by atoms with Crippen molar-refractivity contribution in [3.8, 4) is 0 Å². The maximum absolute atomic E-state index is 10.7. The smallest absolute Gasteiger partial charge is 0.283 e. The zero-order valence-corrected chi connectivity index (χ0v) is 7.73. The molecule has 0 saturated carbocycles. The number of fused-ring (bicyclic) bond motifs is 1. The van der Waals surface area contributed by atoms with Crippen LogP contribution in [0, 0.1) is 6.92 Å². The van der Waals surface area contributed by atoms with Crippen LogP contribution in [0.1, 0.15) is 5.89 Å². The molecule has 2 aromatic heterocycles. The second-order valence-electron chi connectivity index (χ2n) is 3.07. The Morgan fingerprint density at radius 2 is 2.50 bits per heavy atom. The van der Waals surface area contributed by atoms with E-state index < -0.39 is 0 Å². The normalized spacial score (nSPS) is 10.6. The summed E-state index contributed by atoms with van der Waals surface area (Å²) in [5, 5.41) is 0. The Morgan fingerprint density at radius 3 is 3.21 bits per heavy atom. The van der Waals surface area contributed by atoms with Crippen molar-refractivity contribution >= 4 is 17.0 Å². The highest BCUT2D eigenvalue weighted by molar-refractivity contribution is 5.72. The SMILES string of the molecule is Cc1nc2c[n+](CC(N)=O)ccc2o1. The van der Waals surface area contributed by atoms with Crippen molar-refractivity contribution in [3.63, 3.8) is 0 Å². The molecule has 2 aromatic rings. The predicted molar refractivity (Wildman–Crippen MR) is 48.1 cm³/mol. The minimum absolute atomic E-state index is 0.155. The number of carbonyl (C=O) groups excluding carboxylic acids is 1. The van der Waals surface area contributed by atoms with Crippen LogP contribution in [-0.2, 0) is 11.3 Å². The Labute approximate surface area is 80.2 Å². The van der Waals surface area contributed by atoms with E-state index in [4.69, 9.17) is 10.2 Å². The van der Waals surface area contributed by atoms with Gasteiger partial charge in [-0.3, -0.25) is 4.79 Å². The first-order valence-corrected chi connectivity index (χ1v) is 4.20. The number of aryl methyl sites for hydroxylation is 1. The molecule has 72 valence electrons. The Balaban J connectivity index is 2.45. The summed E-state index contributed by atoms with van der Waals surface area (Å²) < 4.78 is 6.96. The number of nitrogens with two attached hydrogens (primary N) is 1. The highest BCUT2D eigenvalue weighted by atomic mass is 16.3. The van der Waals surface area contributed by atoms with Crippen molar-refractivity contribution in [2.75, 3.05) is 0 Å². The highest BCUT2D eigenvalue weighted by Gasteiger charge is 2.09. The van der Waals surface area contributed by atoms with Crippen molar-refractivity contribution in [2.24, 2.45) is 5.73 Å². The molecule has 0 aliphatic rings. The summed E-state index contributed by atoms with van der Waals surface area (Å²) in [5.41, 5.74) is 6.51. The summed E-state index contributed by atoms with van der Waals surface area (Å²) in [7, 11) is 0. The molecular formula is C9H10N3O2+. The van der Waals surface area contributed by atoms with Gasteiger partial charge in [-0.1, -0.05) is 0 Å². The first kappa shape index (κ1) is 8.68. The standard InChI is InChI=1S/C9H9N3O2/c1-6-11-7-4-12(5-9(10)13)3-2-8(7)14-6/h2-4H,5H2,1H3,(H-,10,13)/p+1. The summed E-state index contributed by atoms with van der Waals surface area (Å²) in [5.74, 6) is 0.228. The van der Waals surface area contributed by atoms with E-state index in [1.165, 1.54) is 0 Å². The van der Waals surface area contributed by atoms with Crippen LogP contribution in [0.5, 0.6) is 0 Å².